The number of halogens is 1. The first kappa shape index (κ1) is 14.7. The molecule has 0 saturated carbocycles. The van der Waals surface area contributed by atoms with E-state index in [0.717, 1.165) is 10.0 Å². The van der Waals surface area contributed by atoms with Crippen LogP contribution in [0.3, 0.4) is 0 Å². The van der Waals surface area contributed by atoms with Crippen molar-refractivity contribution in [2.45, 2.75) is 11.8 Å². The maximum atomic E-state index is 12.2. The van der Waals surface area contributed by atoms with Crippen molar-refractivity contribution in [1.82, 2.24) is 9.97 Å². The van der Waals surface area contributed by atoms with Gasteiger partial charge in [0.15, 0.2) is 0 Å². The van der Waals surface area contributed by atoms with Crippen molar-refractivity contribution >= 4 is 37.6 Å². The van der Waals surface area contributed by atoms with E-state index in [4.69, 9.17) is 5.84 Å². The minimum absolute atomic E-state index is 0.0443. The Balaban J connectivity index is 2.32. The summed E-state index contributed by atoms with van der Waals surface area (Å²) >= 11 is 3.30. The largest absolute Gasteiger partial charge is 0.308 e. The third-order valence-electron chi connectivity index (χ3n) is 2.48. The Morgan fingerprint density at radius 1 is 1.25 bits per heavy atom. The van der Waals surface area contributed by atoms with Crippen LogP contribution in [-0.4, -0.2) is 18.4 Å². The summed E-state index contributed by atoms with van der Waals surface area (Å²) in [5, 5.41) is 0. The molecule has 7 nitrogen and oxygen atoms in total. The highest BCUT2D eigenvalue weighted by Crippen LogP contribution is 2.20. The van der Waals surface area contributed by atoms with Crippen LogP contribution in [0.5, 0.6) is 0 Å². The number of anilines is 2. The molecule has 0 fully saturated rings. The van der Waals surface area contributed by atoms with Crippen LogP contribution in [0.2, 0.25) is 0 Å². The lowest BCUT2D eigenvalue weighted by molar-refractivity contribution is 0.601. The predicted molar refractivity (Wildman–Crippen MR) is 79.5 cm³/mol. The van der Waals surface area contributed by atoms with E-state index in [1.807, 2.05) is 6.92 Å². The van der Waals surface area contributed by atoms with Gasteiger partial charge in [0.05, 0.1) is 4.90 Å². The second-order valence-electron chi connectivity index (χ2n) is 3.95. The molecular formula is C11H12BrN5O2S. The van der Waals surface area contributed by atoms with E-state index in [2.05, 4.69) is 36.0 Å². The molecule has 0 atom stereocenters. The van der Waals surface area contributed by atoms with E-state index in [0.29, 0.717) is 0 Å². The molecule has 0 bridgehead atoms. The summed E-state index contributed by atoms with van der Waals surface area (Å²) < 4.78 is 27.6. The Morgan fingerprint density at radius 3 is 2.65 bits per heavy atom. The van der Waals surface area contributed by atoms with Crippen LogP contribution in [0.25, 0.3) is 0 Å². The molecular weight excluding hydrogens is 346 g/mol. The van der Waals surface area contributed by atoms with Gasteiger partial charge in [0.2, 0.25) is 0 Å². The van der Waals surface area contributed by atoms with Crippen LogP contribution >= 0.6 is 15.9 Å². The zero-order chi connectivity index (χ0) is 14.8. The topological polar surface area (TPSA) is 110 Å². The number of pyridine rings is 2. The quantitative estimate of drug-likeness (QED) is 0.566. The van der Waals surface area contributed by atoms with E-state index in [1.54, 1.807) is 6.07 Å². The van der Waals surface area contributed by atoms with Crippen molar-refractivity contribution in [2.24, 2.45) is 5.84 Å². The lowest BCUT2D eigenvalue weighted by atomic mass is 10.3. The van der Waals surface area contributed by atoms with Crippen LogP contribution in [-0.2, 0) is 10.0 Å². The van der Waals surface area contributed by atoms with E-state index >= 15 is 0 Å². The zero-order valence-corrected chi connectivity index (χ0v) is 12.9. The first-order valence-corrected chi connectivity index (χ1v) is 7.77. The molecule has 2 rings (SSSR count). The highest BCUT2D eigenvalue weighted by atomic mass is 79.9. The zero-order valence-electron chi connectivity index (χ0n) is 10.5. The molecule has 0 aliphatic heterocycles. The maximum absolute atomic E-state index is 12.2. The summed E-state index contributed by atoms with van der Waals surface area (Å²) in [5.41, 5.74) is 3.17. The Labute approximate surface area is 124 Å². The van der Waals surface area contributed by atoms with Gasteiger partial charge in [-0.15, -0.1) is 0 Å². The lowest BCUT2D eigenvalue weighted by Crippen LogP contribution is -2.15. The number of hydrogen-bond acceptors (Lipinski definition) is 6. The van der Waals surface area contributed by atoms with Crippen molar-refractivity contribution in [3.05, 3.63) is 40.6 Å². The fourth-order valence-corrected chi connectivity index (χ4v) is 2.68. The van der Waals surface area contributed by atoms with Crippen LogP contribution in [0, 0.1) is 6.92 Å². The summed E-state index contributed by atoms with van der Waals surface area (Å²) in [4.78, 5) is 7.90. The van der Waals surface area contributed by atoms with Crippen molar-refractivity contribution in [3.8, 4) is 0 Å². The molecule has 2 aromatic rings. The normalized spacial score (nSPS) is 11.2. The Kier molecular flexibility index (Phi) is 4.21. The predicted octanol–water partition coefficient (Wildman–Crippen LogP) is 1.63. The number of aryl methyl sites for hydroxylation is 1. The van der Waals surface area contributed by atoms with Gasteiger partial charge < -0.3 is 5.43 Å². The van der Waals surface area contributed by atoms with E-state index < -0.39 is 10.0 Å². The van der Waals surface area contributed by atoms with Crippen LogP contribution < -0.4 is 16.0 Å². The third kappa shape index (κ3) is 3.24. The number of nitrogens with one attached hydrogen (secondary N) is 2. The number of nitrogens with two attached hydrogens (primary N) is 1. The summed E-state index contributed by atoms with van der Waals surface area (Å²) in [7, 11) is -3.74. The first-order chi connectivity index (χ1) is 9.42. The van der Waals surface area contributed by atoms with E-state index in [-0.39, 0.29) is 16.5 Å². The van der Waals surface area contributed by atoms with Gasteiger partial charge in [0.25, 0.3) is 10.0 Å². The smallest absolute Gasteiger partial charge is 0.263 e. The molecule has 0 unspecified atom stereocenters. The number of nitrogen functional groups attached to an aromatic ring is 1. The van der Waals surface area contributed by atoms with Crippen molar-refractivity contribution in [2.75, 3.05) is 10.1 Å². The molecule has 20 heavy (non-hydrogen) atoms. The molecule has 0 aliphatic carbocycles. The summed E-state index contributed by atoms with van der Waals surface area (Å²) in [6, 6.07) is 4.33. The highest BCUT2D eigenvalue weighted by Gasteiger charge is 2.16. The second kappa shape index (κ2) is 5.73. The van der Waals surface area contributed by atoms with E-state index in [1.165, 1.54) is 24.5 Å². The number of hydrogen-bond donors (Lipinski definition) is 3. The lowest BCUT2D eigenvalue weighted by Gasteiger charge is -2.09. The van der Waals surface area contributed by atoms with Gasteiger partial charge in [-0.25, -0.2) is 24.2 Å². The highest BCUT2D eigenvalue weighted by molar-refractivity contribution is 9.10. The summed E-state index contributed by atoms with van der Waals surface area (Å²) in [6.45, 7) is 1.84. The average molecular weight is 358 g/mol. The van der Waals surface area contributed by atoms with Gasteiger partial charge in [-0.2, -0.15) is 0 Å². The van der Waals surface area contributed by atoms with Gasteiger partial charge in [0, 0.05) is 22.9 Å². The van der Waals surface area contributed by atoms with Crippen molar-refractivity contribution in [1.29, 1.82) is 0 Å². The van der Waals surface area contributed by atoms with Gasteiger partial charge in [-0.1, -0.05) is 0 Å². The Morgan fingerprint density at radius 2 is 2.00 bits per heavy atom. The number of sulfonamides is 1. The molecule has 9 heteroatoms. The number of rotatable bonds is 4. The molecule has 4 N–H and O–H groups in total. The monoisotopic (exact) mass is 357 g/mol. The fourth-order valence-electron chi connectivity index (χ4n) is 1.45. The Bertz CT molecular complexity index is 735. The van der Waals surface area contributed by atoms with Gasteiger partial charge in [-0.05, 0) is 40.5 Å². The van der Waals surface area contributed by atoms with Gasteiger partial charge in [-0.3, -0.25) is 4.72 Å². The minimum atomic E-state index is -3.74. The summed E-state index contributed by atoms with van der Waals surface area (Å²) in [6.07, 6.45) is 2.89. The number of hydrazine groups is 1. The minimum Gasteiger partial charge on any atom is -0.308 e. The van der Waals surface area contributed by atoms with Crippen molar-refractivity contribution in [3.63, 3.8) is 0 Å². The number of nitrogens with zero attached hydrogens (tertiary/aromatic N) is 2. The second-order valence-corrected chi connectivity index (χ2v) is 6.48. The molecule has 0 spiro atoms. The molecule has 0 saturated heterocycles. The molecule has 0 aliphatic rings. The Hall–Kier alpha value is -1.71. The number of aromatic nitrogens is 2. The van der Waals surface area contributed by atoms with Gasteiger partial charge in [0.1, 0.15) is 11.6 Å². The molecule has 0 amide bonds. The molecule has 2 heterocycles. The van der Waals surface area contributed by atoms with E-state index in [9.17, 15) is 8.42 Å². The van der Waals surface area contributed by atoms with Crippen LogP contribution in [0.4, 0.5) is 11.6 Å². The maximum Gasteiger partial charge on any atom is 0.263 e. The summed E-state index contributed by atoms with van der Waals surface area (Å²) in [5.74, 6) is 5.70. The van der Waals surface area contributed by atoms with Crippen LogP contribution in [0.1, 0.15) is 5.56 Å². The fraction of sp³-hybridized carbons (Fsp3) is 0.0909. The van der Waals surface area contributed by atoms with Crippen molar-refractivity contribution < 1.29 is 8.42 Å². The first-order valence-electron chi connectivity index (χ1n) is 5.50. The molecule has 0 radical (unpaired) electrons. The standard InChI is InChI=1S/C11H12BrN5O2S/c1-7-4-11(15-6-9(7)12)17-20(18,19)8-2-3-14-10(5-8)16-13/h2-6H,13H2,1H3,(H,14,16)(H,15,17). The molecule has 106 valence electrons. The molecule has 2 aromatic heterocycles. The molecule has 0 aromatic carbocycles. The third-order valence-corrected chi connectivity index (χ3v) is 4.66. The average Bonchev–Trinajstić information content (AvgIpc) is 2.43. The van der Waals surface area contributed by atoms with Gasteiger partial charge >= 0.3 is 0 Å². The SMILES string of the molecule is Cc1cc(NS(=O)(=O)c2ccnc(NN)c2)ncc1Br. The van der Waals surface area contributed by atoms with Crippen LogP contribution in [0.15, 0.2) is 40.0 Å².